The molecule has 0 bridgehead atoms. The average molecular weight is 382 g/mol. The van der Waals surface area contributed by atoms with Crippen molar-refractivity contribution >= 4 is 12.0 Å². The van der Waals surface area contributed by atoms with Crippen LogP contribution < -0.4 is 5.32 Å². The summed E-state index contributed by atoms with van der Waals surface area (Å²) in [4.78, 5) is 15.8. The Labute approximate surface area is 160 Å². The van der Waals surface area contributed by atoms with Crippen molar-refractivity contribution in [2.75, 3.05) is 0 Å². The lowest BCUT2D eigenvalue weighted by molar-refractivity contribution is -0.117. The van der Waals surface area contributed by atoms with Crippen molar-refractivity contribution < 1.29 is 18.0 Å². The fourth-order valence-corrected chi connectivity index (χ4v) is 2.71. The summed E-state index contributed by atoms with van der Waals surface area (Å²) >= 11 is 0. The Kier molecular flexibility index (Phi) is 5.89. The van der Waals surface area contributed by atoms with Gasteiger partial charge in [-0.2, -0.15) is 4.39 Å². The Morgan fingerprint density at radius 3 is 2.39 bits per heavy atom. The lowest BCUT2D eigenvalue weighted by Crippen LogP contribution is -2.24. The summed E-state index contributed by atoms with van der Waals surface area (Å²) < 4.78 is 40.2. The fourth-order valence-electron chi connectivity index (χ4n) is 2.71. The molecule has 142 valence electrons. The van der Waals surface area contributed by atoms with Crippen LogP contribution in [0.1, 0.15) is 24.1 Å². The summed E-state index contributed by atoms with van der Waals surface area (Å²) in [6, 6.07) is 13.4. The number of benzene rings is 2. The van der Waals surface area contributed by atoms with Crippen LogP contribution in [0.3, 0.4) is 0 Å². The second-order valence-corrected chi connectivity index (χ2v) is 6.19. The standard InChI is InChI=1S/C22H17F3N2O/c1-14(27-22(28)11-9-18-19(23)6-3-7-20(18)24)15-4-2-5-16(12-15)17-8-10-21(25)26-13-17/h2-14H,1H3,(H,27,28). The van der Waals surface area contributed by atoms with Crippen LogP contribution in [0.4, 0.5) is 13.2 Å². The van der Waals surface area contributed by atoms with Gasteiger partial charge in [0.25, 0.3) is 0 Å². The smallest absolute Gasteiger partial charge is 0.244 e. The van der Waals surface area contributed by atoms with E-state index in [-0.39, 0.29) is 11.6 Å². The molecule has 2 aromatic carbocycles. The lowest BCUT2D eigenvalue weighted by atomic mass is 10.0. The molecule has 3 aromatic rings. The average Bonchev–Trinajstić information content (AvgIpc) is 2.68. The summed E-state index contributed by atoms with van der Waals surface area (Å²) in [5.74, 6) is -2.52. The quantitative estimate of drug-likeness (QED) is 0.495. The number of nitrogens with zero attached hydrogens (tertiary/aromatic N) is 1. The molecule has 28 heavy (non-hydrogen) atoms. The summed E-state index contributed by atoms with van der Waals surface area (Å²) in [6.07, 6.45) is 3.63. The molecule has 1 amide bonds. The third kappa shape index (κ3) is 4.65. The number of carbonyl (C=O) groups is 1. The first-order valence-corrected chi connectivity index (χ1v) is 8.58. The van der Waals surface area contributed by atoms with Gasteiger partial charge in [0.15, 0.2) is 0 Å². The van der Waals surface area contributed by atoms with E-state index in [2.05, 4.69) is 10.3 Å². The van der Waals surface area contributed by atoms with E-state index < -0.39 is 23.5 Å². The van der Waals surface area contributed by atoms with Gasteiger partial charge in [0.05, 0.1) is 6.04 Å². The summed E-state index contributed by atoms with van der Waals surface area (Å²) in [6.45, 7) is 1.79. The van der Waals surface area contributed by atoms with Crippen LogP contribution in [0, 0.1) is 17.6 Å². The van der Waals surface area contributed by atoms with Crippen molar-refractivity contribution in [3.05, 3.63) is 95.6 Å². The second-order valence-electron chi connectivity index (χ2n) is 6.19. The van der Waals surface area contributed by atoms with Gasteiger partial charge in [-0.25, -0.2) is 13.8 Å². The molecule has 0 radical (unpaired) electrons. The summed E-state index contributed by atoms with van der Waals surface area (Å²) in [5.41, 5.74) is 2.13. The van der Waals surface area contributed by atoms with Crippen LogP contribution in [-0.2, 0) is 4.79 Å². The molecule has 3 nitrogen and oxygen atoms in total. The predicted octanol–water partition coefficient (Wildman–Crippen LogP) is 5.06. The maximum Gasteiger partial charge on any atom is 0.244 e. The normalized spacial score (nSPS) is 12.1. The zero-order valence-corrected chi connectivity index (χ0v) is 15.0. The van der Waals surface area contributed by atoms with Gasteiger partial charge in [-0.1, -0.05) is 24.3 Å². The minimum Gasteiger partial charge on any atom is -0.346 e. The van der Waals surface area contributed by atoms with Crippen LogP contribution in [0.15, 0.2) is 66.9 Å². The Hall–Kier alpha value is -3.41. The molecule has 6 heteroatoms. The van der Waals surface area contributed by atoms with Crippen LogP contribution in [0.5, 0.6) is 0 Å². The highest BCUT2D eigenvalue weighted by Gasteiger charge is 2.10. The van der Waals surface area contributed by atoms with Gasteiger partial charge in [-0.3, -0.25) is 4.79 Å². The van der Waals surface area contributed by atoms with Gasteiger partial charge in [-0.05, 0) is 54.5 Å². The number of pyridine rings is 1. The van der Waals surface area contributed by atoms with Crippen molar-refractivity contribution in [2.45, 2.75) is 13.0 Å². The lowest BCUT2D eigenvalue weighted by Gasteiger charge is -2.14. The van der Waals surface area contributed by atoms with E-state index in [4.69, 9.17) is 0 Å². The molecule has 0 aliphatic heterocycles. The van der Waals surface area contributed by atoms with E-state index in [0.717, 1.165) is 41.0 Å². The molecule has 1 heterocycles. The molecular weight excluding hydrogens is 365 g/mol. The number of rotatable bonds is 5. The van der Waals surface area contributed by atoms with E-state index in [1.54, 1.807) is 13.0 Å². The highest BCUT2D eigenvalue weighted by Crippen LogP contribution is 2.23. The topological polar surface area (TPSA) is 42.0 Å². The molecule has 0 aliphatic carbocycles. The number of halogens is 3. The van der Waals surface area contributed by atoms with Gasteiger partial charge in [-0.15, -0.1) is 0 Å². The van der Waals surface area contributed by atoms with Crippen molar-refractivity contribution in [2.24, 2.45) is 0 Å². The van der Waals surface area contributed by atoms with E-state index in [1.807, 2.05) is 24.3 Å². The molecular formula is C22H17F3N2O. The van der Waals surface area contributed by atoms with E-state index in [9.17, 15) is 18.0 Å². The first-order chi connectivity index (χ1) is 13.4. The maximum absolute atomic E-state index is 13.6. The third-order valence-electron chi connectivity index (χ3n) is 4.21. The highest BCUT2D eigenvalue weighted by atomic mass is 19.1. The minimum atomic E-state index is -0.738. The zero-order chi connectivity index (χ0) is 20.1. The number of hydrogen-bond acceptors (Lipinski definition) is 2. The van der Waals surface area contributed by atoms with Gasteiger partial charge < -0.3 is 5.32 Å². The van der Waals surface area contributed by atoms with Gasteiger partial charge in [0, 0.05) is 23.4 Å². The van der Waals surface area contributed by atoms with Gasteiger partial charge >= 0.3 is 0 Å². The largest absolute Gasteiger partial charge is 0.346 e. The molecule has 1 unspecified atom stereocenters. The first-order valence-electron chi connectivity index (χ1n) is 8.58. The third-order valence-corrected chi connectivity index (χ3v) is 4.21. The predicted molar refractivity (Wildman–Crippen MR) is 102 cm³/mol. The number of carbonyl (C=O) groups excluding carboxylic acids is 1. The number of hydrogen-bond donors (Lipinski definition) is 1. The monoisotopic (exact) mass is 382 g/mol. The molecule has 0 saturated heterocycles. The molecule has 0 saturated carbocycles. The minimum absolute atomic E-state index is 0.267. The number of amides is 1. The second kappa shape index (κ2) is 8.52. The SMILES string of the molecule is CC(NC(=O)C=Cc1c(F)cccc1F)c1cccc(-c2ccc(F)nc2)c1. The molecule has 0 aliphatic rings. The van der Waals surface area contributed by atoms with Crippen LogP contribution in [-0.4, -0.2) is 10.9 Å². The zero-order valence-electron chi connectivity index (χ0n) is 15.0. The molecule has 1 atom stereocenters. The maximum atomic E-state index is 13.6. The molecule has 1 aromatic heterocycles. The Balaban J connectivity index is 1.71. The molecule has 0 fully saturated rings. The molecule has 3 rings (SSSR count). The molecule has 0 spiro atoms. The van der Waals surface area contributed by atoms with Crippen molar-refractivity contribution in [3.63, 3.8) is 0 Å². The Bertz CT molecular complexity index is 996. The summed E-state index contributed by atoms with van der Waals surface area (Å²) in [7, 11) is 0. The highest BCUT2D eigenvalue weighted by molar-refractivity contribution is 5.92. The van der Waals surface area contributed by atoms with Crippen LogP contribution in [0.25, 0.3) is 17.2 Å². The van der Waals surface area contributed by atoms with Crippen LogP contribution in [0.2, 0.25) is 0 Å². The van der Waals surface area contributed by atoms with E-state index in [1.165, 1.54) is 18.3 Å². The van der Waals surface area contributed by atoms with Crippen LogP contribution >= 0.6 is 0 Å². The van der Waals surface area contributed by atoms with Crippen molar-refractivity contribution in [1.29, 1.82) is 0 Å². The fraction of sp³-hybridized carbons (Fsp3) is 0.0909. The number of nitrogens with one attached hydrogen (secondary N) is 1. The van der Waals surface area contributed by atoms with Gasteiger partial charge in [0.2, 0.25) is 11.9 Å². The first kappa shape index (κ1) is 19.4. The van der Waals surface area contributed by atoms with Crippen molar-refractivity contribution in [3.8, 4) is 11.1 Å². The Morgan fingerprint density at radius 1 is 1.00 bits per heavy atom. The Morgan fingerprint density at radius 2 is 1.71 bits per heavy atom. The van der Waals surface area contributed by atoms with Gasteiger partial charge in [0.1, 0.15) is 11.6 Å². The van der Waals surface area contributed by atoms with E-state index >= 15 is 0 Å². The number of aromatic nitrogens is 1. The molecule has 1 N–H and O–H groups in total. The summed E-state index contributed by atoms with van der Waals surface area (Å²) in [5, 5.41) is 2.75. The van der Waals surface area contributed by atoms with E-state index in [0.29, 0.717) is 0 Å². The van der Waals surface area contributed by atoms with Crippen molar-refractivity contribution in [1.82, 2.24) is 10.3 Å².